The van der Waals surface area contributed by atoms with E-state index in [1.807, 2.05) is 0 Å². The smallest absolute Gasteiger partial charge is 0.0655 e. The van der Waals surface area contributed by atoms with Gasteiger partial charge in [-0.05, 0) is 69.1 Å². The lowest BCUT2D eigenvalue weighted by Gasteiger charge is -2.29. The third-order valence-electron chi connectivity index (χ3n) is 5.24. The molecule has 0 aliphatic heterocycles. The molecule has 0 aromatic heterocycles. The van der Waals surface area contributed by atoms with Crippen LogP contribution < -0.4 is 0 Å². The minimum absolute atomic E-state index is 0.365. The van der Waals surface area contributed by atoms with Crippen LogP contribution >= 0.6 is 0 Å². The van der Waals surface area contributed by atoms with Gasteiger partial charge >= 0.3 is 0 Å². The fraction of sp³-hybridized carbons (Fsp3) is 0.824. The Kier molecular flexibility index (Phi) is 5.29. The molecule has 0 N–H and O–H groups in total. The van der Waals surface area contributed by atoms with Crippen LogP contribution in [0.4, 0.5) is 0 Å². The van der Waals surface area contributed by atoms with Crippen LogP contribution in [0.2, 0.25) is 0 Å². The predicted octanol–water partition coefficient (Wildman–Crippen LogP) is 5.09. The molecule has 2 rings (SSSR count). The summed E-state index contributed by atoms with van der Waals surface area (Å²) in [5.74, 6) is 3.07. The Morgan fingerprint density at radius 3 is 1.83 bits per heavy atom. The van der Waals surface area contributed by atoms with E-state index in [1.165, 1.54) is 51.4 Å². The third kappa shape index (κ3) is 3.87. The molecule has 0 atom stereocenters. The molecule has 2 fully saturated rings. The summed E-state index contributed by atoms with van der Waals surface area (Å²) >= 11 is 0. The van der Waals surface area contributed by atoms with Gasteiger partial charge in [-0.3, -0.25) is 0 Å². The molecular weight excluding hydrogens is 218 g/mol. The largest absolute Gasteiger partial charge is 0.198 e. The zero-order valence-electron chi connectivity index (χ0n) is 11.6. The number of nitriles is 1. The summed E-state index contributed by atoms with van der Waals surface area (Å²) in [6.07, 6.45) is 15.5. The number of allylic oxidation sites excluding steroid dienone is 1. The molecule has 0 amide bonds. The van der Waals surface area contributed by atoms with Crippen LogP contribution in [0, 0.1) is 35.0 Å². The van der Waals surface area contributed by atoms with Gasteiger partial charge in [0.2, 0.25) is 0 Å². The van der Waals surface area contributed by atoms with Crippen LogP contribution in [0.1, 0.15) is 64.2 Å². The summed E-state index contributed by atoms with van der Waals surface area (Å²) in [7, 11) is 0. The van der Waals surface area contributed by atoms with Crippen molar-refractivity contribution < 1.29 is 0 Å². The summed E-state index contributed by atoms with van der Waals surface area (Å²) in [5.41, 5.74) is 0. The second-order valence-electron chi connectivity index (χ2n) is 6.44. The first kappa shape index (κ1) is 13.7. The van der Waals surface area contributed by atoms with Crippen molar-refractivity contribution in [2.45, 2.75) is 64.2 Å². The Morgan fingerprint density at radius 1 is 0.889 bits per heavy atom. The molecular formula is C17H27N. The number of rotatable bonds is 4. The van der Waals surface area contributed by atoms with Crippen LogP contribution in [0.3, 0.4) is 0 Å². The molecule has 0 saturated heterocycles. The quantitative estimate of drug-likeness (QED) is 0.633. The fourth-order valence-corrected chi connectivity index (χ4v) is 3.76. The highest BCUT2D eigenvalue weighted by Crippen LogP contribution is 2.36. The van der Waals surface area contributed by atoms with Crippen molar-refractivity contribution in [3.05, 3.63) is 12.7 Å². The topological polar surface area (TPSA) is 23.8 Å². The zero-order valence-corrected chi connectivity index (χ0v) is 11.6. The molecule has 100 valence electrons. The lowest BCUT2D eigenvalue weighted by Crippen LogP contribution is -2.17. The first-order valence-electron chi connectivity index (χ1n) is 7.84. The van der Waals surface area contributed by atoms with Crippen LogP contribution in [-0.4, -0.2) is 0 Å². The average Bonchev–Trinajstić information content (AvgIpc) is 2.46. The second-order valence-corrected chi connectivity index (χ2v) is 6.44. The maximum absolute atomic E-state index is 8.90. The van der Waals surface area contributed by atoms with Gasteiger partial charge in [-0.15, -0.1) is 6.58 Å². The molecule has 0 aromatic carbocycles. The van der Waals surface area contributed by atoms with Crippen LogP contribution in [0.15, 0.2) is 12.7 Å². The van der Waals surface area contributed by atoms with Crippen molar-refractivity contribution in [1.29, 1.82) is 5.26 Å². The van der Waals surface area contributed by atoms with Crippen molar-refractivity contribution in [1.82, 2.24) is 0 Å². The van der Waals surface area contributed by atoms with Gasteiger partial charge in [0.15, 0.2) is 0 Å². The number of hydrogen-bond donors (Lipinski definition) is 0. The molecule has 0 unspecified atom stereocenters. The molecule has 2 saturated carbocycles. The molecule has 0 aromatic rings. The van der Waals surface area contributed by atoms with Crippen molar-refractivity contribution in [3.63, 3.8) is 0 Å². The maximum atomic E-state index is 8.90. The minimum atomic E-state index is 0.365. The summed E-state index contributed by atoms with van der Waals surface area (Å²) in [6.45, 7) is 3.92. The molecule has 0 radical (unpaired) electrons. The van der Waals surface area contributed by atoms with Gasteiger partial charge < -0.3 is 0 Å². The standard InChI is InChI=1S/C17H27N/c1-2-14-3-5-15(6-4-14)7-8-16-9-11-17(13-18)12-10-16/h2,14-17H,1,3-12H2/t14-,15-,16-,17-. The number of nitrogens with zero attached hydrogens (tertiary/aromatic N) is 1. The Morgan fingerprint density at radius 2 is 1.39 bits per heavy atom. The van der Waals surface area contributed by atoms with Gasteiger partial charge in [0, 0.05) is 5.92 Å². The van der Waals surface area contributed by atoms with E-state index in [2.05, 4.69) is 18.7 Å². The summed E-state index contributed by atoms with van der Waals surface area (Å²) < 4.78 is 0. The SMILES string of the molecule is C=C[C@H]1CC[C@H](CC[C@H]2CC[C@H](C#N)CC2)CC1. The summed E-state index contributed by atoms with van der Waals surface area (Å²) in [5, 5.41) is 8.90. The lowest BCUT2D eigenvalue weighted by atomic mass is 9.76. The zero-order chi connectivity index (χ0) is 12.8. The summed E-state index contributed by atoms with van der Waals surface area (Å²) in [6, 6.07) is 2.43. The first-order valence-corrected chi connectivity index (χ1v) is 7.84. The van der Waals surface area contributed by atoms with Gasteiger partial charge in [-0.1, -0.05) is 18.9 Å². The van der Waals surface area contributed by atoms with E-state index in [4.69, 9.17) is 5.26 Å². The highest BCUT2D eigenvalue weighted by atomic mass is 14.3. The maximum Gasteiger partial charge on any atom is 0.0655 e. The van der Waals surface area contributed by atoms with Gasteiger partial charge in [0.05, 0.1) is 6.07 Å². The molecule has 2 aliphatic rings. The molecule has 2 aliphatic carbocycles. The second kappa shape index (κ2) is 6.98. The van der Waals surface area contributed by atoms with Crippen molar-refractivity contribution in [2.75, 3.05) is 0 Å². The van der Waals surface area contributed by atoms with E-state index in [0.29, 0.717) is 5.92 Å². The van der Waals surface area contributed by atoms with Crippen LogP contribution in [0.25, 0.3) is 0 Å². The van der Waals surface area contributed by atoms with E-state index in [9.17, 15) is 0 Å². The van der Waals surface area contributed by atoms with Crippen molar-refractivity contribution in [3.8, 4) is 6.07 Å². The Hall–Kier alpha value is -0.770. The molecule has 0 heterocycles. The average molecular weight is 245 g/mol. The molecule has 0 bridgehead atoms. The highest BCUT2D eigenvalue weighted by molar-refractivity contribution is 4.88. The predicted molar refractivity (Wildman–Crippen MR) is 75.9 cm³/mol. The minimum Gasteiger partial charge on any atom is -0.198 e. The molecule has 18 heavy (non-hydrogen) atoms. The first-order chi connectivity index (χ1) is 8.81. The Labute approximate surface area is 112 Å². The van der Waals surface area contributed by atoms with Crippen LogP contribution in [-0.2, 0) is 0 Å². The molecule has 1 heteroatoms. The Balaban J connectivity index is 1.61. The Bertz CT molecular complexity index is 285. The fourth-order valence-electron chi connectivity index (χ4n) is 3.76. The number of hydrogen-bond acceptors (Lipinski definition) is 1. The van der Waals surface area contributed by atoms with E-state index in [0.717, 1.165) is 30.6 Å². The van der Waals surface area contributed by atoms with Crippen molar-refractivity contribution in [2.24, 2.45) is 23.7 Å². The highest BCUT2D eigenvalue weighted by Gasteiger charge is 2.23. The monoisotopic (exact) mass is 245 g/mol. The summed E-state index contributed by atoms with van der Waals surface area (Å²) in [4.78, 5) is 0. The van der Waals surface area contributed by atoms with Gasteiger partial charge in [0.25, 0.3) is 0 Å². The molecule has 1 nitrogen and oxygen atoms in total. The normalized spacial score (nSPS) is 36.8. The van der Waals surface area contributed by atoms with Gasteiger partial charge in [-0.2, -0.15) is 5.26 Å². The molecule has 0 spiro atoms. The lowest BCUT2D eigenvalue weighted by molar-refractivity contribution is 0.242. The third-order valence-corrected chi connectivity index (χ3v) is 5.24. The van der Waals surface area contributed by atoms with Gasteiger partial charge in [0.1, 0.15) is 0 Å². The van der Waals surface area contributed by atoms with E-state index < -0.39 is 0 Å². The van der Waals surface area contributed by atoms with Crippen LogP contribution in [0.5, 0.6) is 0 Å². The van der Waals surface area contributed by atoms with Crippen molar-refractivity contribution >= 4 is 0 Å². The van der Waals surface area contributed by atoms with E-state index in [1.54, 1.807) is 0 Å². The van der Waals surface area contributed by atoms with E-state index in [-0.39, 0.29) is 0 Å². The van der Waals surface area contributed by atoms with E-state index >= 15 is 0 Å². The van der Waals surface area contributed by atoms with Gasteiger partial charge in [-0.25, -0.2) is 0 Å².